The van der Waals surface area contributed by atoms with Crippen molar-refractivity contribution >= 4 is 0 Å². The Kier molecular flexibility index (Phi) is 5.61. The maximum absolute atomic E-state index is 6.68. The fourth-order valence-electron chi connectivity index (χ4n) is 4.07. The predicted octanol–water partition coefficient (Wildman–Crippen LogP) is 6.17. The Labute approximate surface area is 152 Å². The van der Waals surface area contributed by atoms with E-state index in [4.69, 9.17) is 4.74 Å². The van der Waals surface area contributed by atoms with Crippen LogP contribution in [0, 0.1) is 17.8 Å². The topological polar surface area (TPSA) is 9.23 Å². The molecule has 2 aromatic rings. The van der Waals surface area contributed by atoms with Gasteiger partial charge in [-0.1, -0.05) is 81.1 Å². The molecule has 0 atom stereocenters. The molecule has 0 spiro atoms. The zero-order valence-electron chi connectivity index (χ0n) is 15.6. The first-order valence-electron chi connectivity index (χ1n) is 9.54. The minimum atomic E-state index is -0.623. The summed E-state index contributed by atoms with van der Waals surface area (Å²) in [6, 6.07) is 17.1. The number of hydrogen-bond acceptors (Lipinski definition) is 1. The molecule has 0 fully saturated rings. The third kappa shape index (κ3) is 3.24. The molecule has 130 valence electrons. The lowest BCUT2D eigenvalue weighted by Gasteiger charge is -2.29. The summed E-state index contributed by atoms with van der Waals surface area (Å²) >= 11 is 0. The van der Waals surface area contributed by atoms with Crippen molar-refractivity contribution in [2.24, 2.45) is 5.92 Å². The van der Waals surface area contributed by atoms with Crippen molar-refractivity contribution in [1.29, 1.82) is 0 Å². The fourth-order valence-corrected chi connectivity index (χ4v) is 4.07. The molecule has 0 bridgehead atoms. The molecule has 3 rings (SSSR count). The Morgan fingerprint density at radius 3 is 1.88 bits per heavy atom. The molecule has 0 saturated heterocycles. The molecule has 0 aliphatic heterocycles. The molecular weight excluding hydrogens is 304 g/mol. The van der Waals surface area contributed by atoms with Gasteiger partial charge in [0.2, 0.25) is 0 Å². The van der Waals surface area contributed by atoms with Crippen molar-refractivity contribution in [3.05, 3.63) is 59.7 Å². The molecule has 0 N–H and O–H groups in total. The zero-order chi connectivity index (χ0) is 17.7. The second kappa shape index (κ2) is 7.89. The second-order valence-corrected chi connectivity index (χ2v) is 6.90. The van der Waals surface area contributed by atoms with Gasteiger partial charge < -0.3 is 4.74 Å². The van der Waals surface area contributed by atoms with E-state index in [0.717, 1.165) is 6.61 Å². The van der Waals surface area contributed by atoms with Crippen LogP contribution in [0.25, 0.3) is 11.1 Å². The molecule has 0 aromatic heterocycles. The van der Waals surface area contributed by atoms with Crippen LogP contribution in [-0.4, -0.2) is 6.61 Å². The first-order chi connectivity index (χ1) is 12.3. The average molecular weight is 332 g/mol. The quantitative estimate of drug-likeness (QED) is 0.551. The van der Waals surface area contributed by atoms with Crippen molar-refractivity contribution in [1.82, 2.24) is 0 Å². The van der Waals surface area contributed by atoms with Gasteiger partial charge >= 0.3 is 0 Å². The summed E-state index contributed by atoms with van der Waals surface area (Å²) in [5.74, 6) is 7.19. The second-order valence-electron chi connectivity index (χ2n) is 6.90. The number of fused-ring (bicyclic) bond motifs is 3. The molecule has 2 aromatic carbocycles. The van der Waals surface area contributed by atoms with E-state index in [0.29, 0.717) is 5.92 Å². The van der Waals surface area contributed by atoms with Crippen LogP contribution >= 0.6 is 0 Å². The van der Waals surface area contributed by atoms with E-state index < -0.39 is 5.60 Å². The summed E-state index contributed by atoms with van der Waals surface area (Å²) in [7, 11) is 0. The minimum absolute atomic E-state index is 0.602. The first-order valence-corrected chi connectivity index (χ1v) is 9.54. The summed E-state index contributed by atoms with van der Waals surface area (Å²) in [5.41, 5.74) is 4.27. The molecule has 0 heterocycles. The maximum atomic E-state index is 6.68. The van der Waals surface area contributed by atoms with Crippen LogP contribution in [0.2, 0.25) is 0 Å². The van der Waals surface area contributed by atoms with E-state index in [2.05, 4.69) is 74.2 Å². The highest BCUT2D eigenvalue weighted by molar-refractivity contribution is 5.82. The Morgan fingerprint density at radius 1 is 0.880 bits per heavy atom. The van der Waals surface area contributed by atoms with Crippen LogP contribution in [-0.2, 0) is 10.3 Å². The van der Waals surface area contributed by atoms with Crippen LogP contribution in [0.4, 0.5) is 0 Å². The molecule has 0 amide bonds. The van der Waals surface area contributed by atoms with Gasteiger partial charge in [0, 0.05) is 11.1 Å². The van der Waals surface area contributed by atoms with Gasteiger partial charge in [-0.15, -0.1) is 5.92 Å². The third-order valence-electron chi connectivity index (χ3n) is 5.13. The SMILES string of the molecule is CC#CC1(OCC(CCC)CCC)c2ccccc2-c2ccccc21. The van der Waals surface area contributed by atoms with Crippen LogP contribution < -0.4 is 0 Å². The highest BCUT2D eigenvalue weighted by Gasteiger charge is 2.43. The number of ether oxygens (including phenoxy) is 1. The predicted molar refractivity (Wildman–Crippen MR) is 105 cm³/mol. The van der Waals surface area contributed by atoms with E-state index in [-0.39, 0.29) is 0 Å². The number of benzene rings is 2. The summed E-state index contributed by atoms with van der Waals surface area (Å²) < 4.78 is 6.68. The van der Waals surface area contributed by atoms with Crippen LogP contribution in [0.5, 0.6) is 0 Å². The summed E-state index contributed by atoms with van der Waals surface area (Å²) in [4.78, 5) is 0. The molecule has 1 heteroatoms. The standard InChI is InChI=1S/C24H28O/c1-4-11-19(12-5-2)18-25-24(17-6-3)22-15-9-7-13-20(22)21-14-8-10-16-23(21)24/h7-10,13-16,19H,4-5,11-12,18H2,1-3H3. The van der Waals surface area contributed by atoms with Gasteiger partial charge in [-0.25, -0.2) is 0 Å². The maximum Gasteiger partial charge on any atom is 0.180 e. The molecule has 1 aliphatic carbocycles. The van der Waals surface area contributed by atoms with Crippen LogP contribution in [0.1, 0.15) is 57.6 Å². The summed E-state index contributed by atoms with van der Waals surface area (Å²) in [6.07, 6.45) is 4.83. The Balaban J connectivity index is 2.03. The lowest BCUT2D eigenvalue weighted by Crippen LogP contribution is -2.30. The van der Waals surface area contributed by atoms with Gasteiger partial charge in [0.25, 0.3) is 0 Å². The monoisotopic (exact) mass is 332 g/mol. The lowest BCUT2D eigenvalue weighted by atomic mass is 9.91. The molecule has 25 heavy (non-hydrogen) atoms. The lowest BCUT2D eigenvalue weighted by molar-refractivity contribution is 0.00309. The van der Waals surface area contributed by atoms with Crippen LogP contribution in [0.3, 0.4) is 0 Å². The largest absolute Gasteiger partial charge is 0.354 e. The smallest absolute Gasteiger partial charge is 0.180 e. The minimum Gasteiger partial charge on any atom is -0.354 e. The fraction of sp³-hybridized carbons (Fsp3) is 0.417. The van der Waals surface area contributed by atoms with E-state index >= 15 is 0 Å². The molecule has 0 unspecified atom stereocenters. The van der Waals surface area contributed by atoms with Crippen molar-refractivity contribution in [2.45, 2.75) is 52.1 Å². The first kappa shape index (κ1) is 17.8. The van der Waals surface area contributed by atoms with Gasteiger partial charge in [0.15, 0.2) is 5.60 Å². The number of hydrogen-bond donors (Lipinski definition) is 0. The van der Waals surface area contributed by atoms with Gasteiger partial charge in [-0.2, -0.15) is 0 Å². The van der Waals surface area contributed by atoms with Crippen LogP contribution in [0.15, 0.2) is 48.5 Å². The van der Waals surface area contributed by atoms with E-state index in [9.17, 15) is 0 Å². The van der Waals surface area contributed by atoms with Crippen molar-refractivity contribution in [3.8, 4) is 23.0 Å². The molecule has 1 nitrogen and oxygen atoms in total. The zero-order valence-corrected chi connectivity index (χ0v) is 15.6. The average Bonchev–Trinajstić information content (AvgIpc) is 2.92. The Morgan fingerprint density at radius 2 is 1.40 bits per heavy atom. The molecule has 1 aliphatic rings. The molecular formula is C24H28O. The van der Waals surface area contributed by atoms with Crippen molar-refractivity contribution in [3.63, 3.8) is 0 Å². The third-order valence-corrected chi connectivity index (χ3v) is 5.13. The van der Waals surface area contributed by atoms with Gasteiger partial charge in [-0.05, 0) is 36.8 Å². The van der Waals surface area contributed by atoms with Gasteiger partial charge in [-0.3, -0.25) is 0 Å². The molecule has 0 saturated carbocycles. The van der Waals surface area contributed by atoms with E-state index in [1.54, 1.807) is 0 Å². The van der Waals surface area contributed by atoms with Crippen molar-refractivity contribution in [2.75, 3.05) is 6.61 Å². The highest BCUT2D eigenvalue weighted by atomic mass is 16.5. The Bertz CT molecular complexity index is 726. The van der Waals surface area contributed by atoms with E-state index in [1.807, 2.05) is 6.92 Å². The Hall–Kier alpha value is -2.04. The summed E-state index contributed by atoms with van der Waals surface area (Å²) in [6.45, 7) is 7.18. The van der Waals surface area contributed by atoms with Gasteiger partial charge in [0.05, 0.1) is 6.61 Å². The highest BCUT2D eigenvalue weighted by Crippen LogP contribution is 2.49. The summed E-state index contributed by atoms with van der Waals surface area (Å²) in [5, 5.41) is 0. The molecule has 0 radical (unpaired) electrons. The van der Waals surface area contributed by atoms with E-state index in [1.165, 1.54) is 47.9 Å². The van der Waals surface area contributed by atoms with Gasteiger partial charge in [0.1, 0.15) is 0 Å². The number of rotatable bonds is 7. The normalized spacial score (nSPS) is 13.9. The van der Waals surface area contributed by atoms with Crippen molar-refractivity contribution < 1.29 is 4.74 Å².